The minimum atomic E-state index is -0.632. The number of nitrogens with one attached hydrogen (secondary N) is 3. The van der Waals surface area contributed by atoms with Crippen molar-refractivity contribution < 1.29 is 9.59 Å². The van der Waals surface area contributed by atoms with Crippen LogP contribution in [-0.4, -0.2) is 29.7 Å². The van der Waals surface area contributed by atoms with Crippen molar-refractivity contribution in [1.29, 1.82) is 0 Å². The Morgan fingerprint density at radius 2 is 1.83 bits per heavy atom. The van der Waals surface area contributed by atoms with Gasteiger partial charge in [0.2, 0.25) is 5.91 Å². The normalized spacial score (nSPS) is 13.6. The molecule has 8 nitrogen and oxygen atoms in total. The summed E-state index contributed by atoms with van der Waals surface area (Å²) in [6, 6.07) is 16.2. The lowest BCUT2D eigenvalue weighted by Crippen LogP contribution is -2.21. The van der Waals surface area contributed by atoms with Crippen molar-refractivity contribution in [3.63, 3.8) is 0 Å². The van der Waals surface area contributed by atoms with Crippen LogP contribution in [0.4, 0.5) is 21.9 Å². The Hall–Kier alpha value is -4.17. The van der Waals surface area contributed by atoms with E-state index >= 15 is 0 Å². The first-order valence-electron chi connectivity index (χ1n) is 9.28. The van der Waals surface area contributed by atoms with Crippen LogP contribution in [0.2, 0.25) is 0 Å². The van der Waals surface area contributed by atoms with Crippen molar-refractivity contribution in [3.8, 4) is 0 Å². The largest absolute Gasteiger partial charge is 0.361 e. The standard InChI is InChI=1S/C22H20N6O2/c23-11-20(29)27-14-4-1-3-13(9-14)21(19-5-2-8-25-19)17-12-26-18-7-6-15(10-16(17)18)28-22(24)30/h1-10,12,25H,11,23H2,(H,27,29)(H3,24,28,30). The molecule has 8 heteroatoms. The van der Waals surface area contributed by atoms with Crippen LogP contribution in [0.3, 0.4) is 0 Å². The molecular weight excluding hydrogens is 380 g/mol. The number of primary amides is 1. The Kier molecular flexibility index (Phi) is 5.15. The molecule has 1 aromatic heterocycles. The van der Waals surface area contributed by atoms with Gasteiger partial charge in [0.15, 0.2) is 0 Å². The molecule has 2 heterocycles. The molecule has 0 fully saturated rings. The van der Waals surface area contributed by atoms with Crippen molar-refractivity contribution in [2.75, 3.05) is 17.2 Å². The van der Waals surface area contributed by atoms with Crippen LogP contribution in [0.15, 0.2) is 65.8 Å². The summed E-state index contributed by atoms with van der Waals surface area (Å²) in [5, 5.41) is 5.38. The predicted molar refractivity (Wildman–Crippen MR) is 119 cm³/mol. The van der Waals surface area contributed by atoms with Crippen LogP contribution < -0.4 is 22.1 Å². The van der Waals surface area contributed by atoms with Gasteiger partial charge in [-0.25, -0.2) is 4.79 Å². The SMILES string of the molecule is NCC(=O)Nc1cccc(C(=C2C=Nc3ccc(NC(N)=O)cc32)c2ccc[nH]2)c1. The minimum absolute atomic E-state index is 0.0928. The molecule has 150 valence electrons. The summed E-state index contributed by atoms with van der Waals surface area (Å²) in [5.41, 5.74) is 17.1. The van der Waals surface area contributed by atoms with Crippen LogP contribution >= 0.6 is 0 Å². The number of hydrogen-bond acceptors (Lipinski definition) is 4. The second-order valence-electron chi connectivity index (χ2n) is 6.68. The number of allylic oxidation sites excluding steroid dienone is 1. The number of H-pyrrole nitrogens is 1. The molecule has 3 aromatic rings. The van der Waals surface area contributed by atoms with Gasteiger partial charge in [0, 0.05) is 46.2 Å². The third-order valence-electron chi connectivity index (χ3n) is 4.64. The molecule has 2 aromatic carbocycles. The molecule has 4 rings (SSSR count). The smallest absolute Gasteiger partial charge is 0.316 e. The van der Waals surface area contributed by atoms with Gasteiger partial charge in [0.05, 0.1) is 12.2 Å². The van der Waals surface area contributed by atoms with E-state index in [2.05, 4.69) is 20.6 Å². The van der Waals surface area contributed by atoms with Gasteiger partial charge in [-0.2, -0.15) is 0 Å². The summed E-state index contributed by atoms with van der Waals surface area (Å²) in [5.74, 6) is -0.267. The third kappa shape index (κ3) is 3.85. The zero-order valence-electron chi connectivity index (χ0n) is 16.0. The zero-order valence-corrected chi connectivity index (χ0v) is 16.0. The highest BCUT2D eigenvalue weighted by Gasteiger charge is 2.20. The van der Waals surface area contributed by atoms with Crippen LogP contribution in [0.5, 0.6) is 0 Å². The molecule has 1 aliphatic heterocycles. The average molecular weight is 400 g/mol. The Morgan fingerprint density at radius 3 is 2.57 bits per heavy atom. The molecule has 7 N–H and O–H groups in total. The molecule has 0 atom stereocenters. The quantitative estimate of drug-likeness (QED) is 0.450. The lowest BCUT2D eigenvalue weighted by atomic mass is 9.93. The van der Waals surface area contributed by atoms with E-state index in [1.807, 2.05) is 48.7 Å². The Morgan fingerprint density at radius 1 is 1.00 bits per heavy atom. The molecule has 0 saturated carbocycles. The van der Waals surface area contributed by atoms with Gasteiger partial charge in [-0.05, 0) is 48.0 Å². The van der Waals surface area contributed by atoms with Crippen molar-refractivity contribution in [2.24, 2.45) is 16.5 Å². The van der Waals surface area contributed by atoms with E-state index < -0.39 is 6.03 Å². The fourth-order valence-corrected chi connectivity index (χ4v) is 3.39. The lowest BCUT2D eigenvalue weighted by molar-refractivity contribution is -0.114. The number of nitrogens with zero attached hydrogens (tertiary/aromatic N) is 1. The van der Waals surface area contributed by atoms with Crippen molar-refractivity contribution in [3.05, 3.63) is 77.6 Å². The second-order valence-corrected chi connectivity index (χ2v) is 6.68. The summed E-state index contributed by atoms with van der Waals surface area (Å²) in [6.07, 6.45) is 3.63. The first-order chi connectivity index (χ1) is 14.5. The van der Waals surface area contributed by atoms with E-state index in [9.17, 15) is 9.59 Å². The Labute approximate surface area is 172 Å². The van der Waals surface area contributed by atoms with Crippen LogP contribution in [0.25, 0.3) is 11.1 Å². The minimum Gasteiger partial charge on any atom is -0.361 e. The van der Waals surface area contributed by atoms with Gasteiger partial charge < -0.3 is 27.1 Å². The molecule has 1 aliphatic rings. The number of nitrogens with two attached hydrogens (primary N) is 2. The summed E-state index contributed by atoms with van der Waals surface area (Å²) < 4.78 is 0. The number of aromatic nitrogens is 1. The number of anilines is 2. The second kappa shape index (κ2) is 8.06. The molecule has 0 unspecified atom stereocenters. The zero-order chi connectivity index (χ0) is 21.1. The van der Waals surface area contributed by atoms with Gasteiger partial charge in [0.1, 0.15) is 0 Å². The summed E-state index contributed by atoms with van der Waals surface area (Å²) in [7, 11) is 0. The highest BCUT2D eigenvalue weighted by molar-refractivity contribution is 6.26. The van der Waals surface area contributed by atoms with E-state index in [0.717, 1.165) is 33.7 Å². The highest BCUT2D eigenvalue weighted by Crippen LogP contribution is 2.40. The van der Waals surface area contributed by atoms with Gasteiger partial charge in [-0.1, -0.05) is 12.1 Å². The molecule has 30 heavy (non-hydrogen) atoms. The molecule has 0 bridgehead atoms. The summed E-state index contributed by atoms with van der Waals surface area (Å²) in [6.45, 7) is -0.0928. The number of hydrogen-bond donors (Lipinski definition) is 5. The number of aromatic amines is 1. The first kappa shape index (κ1) is 19.2. The van der Waals surface area contributed by atoms with Gasteiger partial charge in [-0.15, -0.1) is 0 Å². The fraction of sp³-hybridized carbons (Fsp3) is 0.0455. The molecule has 0 aliphatic carbocycles. The molecule has 0 radical (unpaired) electrons. The molecular formula is C22H20N6O2. The Balaban J connectivity index is 1.86. The topological polar surface area (TPSA) is 138 Å². The van der Waals surface area contributed by atoms with Crippen molar-refractivity contribution in [2.45, 2.75) is 0 Å². The number of fused-ring (bicyclic) bond motifs is 1. The average Bonchev–Trinajstić information content (AvgIpc) is 3.39. The number of benzene rings is 2. The van der Waals surface area contributed by atoms with Crippen LogP contribution in [0, 0.1) is 0 Å². The van der Waals surface area contributed by atoms with E-state index in [0.29, 0.717) is 11.4 Å². The van der Waals surface area contributed by atoms with E-state index in [1.165, 1.54) is 0 Å². The van der Waals surface area contributed by atoms with Crippen LogP contribution in [0.1, 0.15) is 16.8 Å². The van der Waals surface area contributed by atoms with Crippen molar-refractivity contribution >= 4 is 46.4 Å². The number of carbonyl (C=O) groups excluding carboxylic acids is 2. The first-order valence-corrected chi connectivity index (χ1v) is 9.28. The maximum atomic E-state index is 11.7. The highest BCUT2D eigenvalue weighted by atomic mass is 16.2. The van der Waals surface area contributed by atoms with E-state index in [-0.39, 0.29) is 12.5 Å². The number of aliphatic imine (C=N–C) groups is 1. The van der Waals surface area contributed by atoms with Crippen molar-refractivity contribution in [1.82, 2.24) is 4.98 Å². The number of urea groups is 1. The van der Waals surface area contributed by atoms with Gasteiger partial charge >= 0.3 is 6.03 Å². The number of carbonyl (C=O) groups is 2. The Bertz CT molecular complexity index is 1180. The maximum absolute atomic E-state index is 11.7. The molecule has 3 amide bonds. The number of amides is 3. The maximum Gasteiger partial charge on any atom is 0.316 e. The summed E-state index contributed by atoms with van der Waals surface area (Å²) in [4.78, 5) is 30.7. The molecule has 0 saturated heterocycles. The number of rotatable bonds is 5. The van der Waals surface area contributed by atoms with Gasteiger partial charge in [-0.3, -0.25) is 9.79 Å². The lowest BCUT2D eigenvalue weighted by Gasteiger charge is -2.13. The summed E-state index contributed by atoms with van der Waals surface area (Å²) >= 11 is 0. The van der Waals surface area contributed by atoms with Gasteiger partial charge in [0.25, 0.3) is 0 Å². The fourth-order valence-electron chi connectivity index (χ4n) is 3.39. The van der Waals surface area contributed by atoms with E-state index in [1.54, 1.807) is 18.3 Å². The molecule has 0 spiro atoms. The monoisotopic (exact) mass is 400 g/mol. The predicted octanol–water partition coefficient (Wildman–Crippen LogP) is 3.08. The van der Waals surface area contributed by atoms with E-state index in [4.69, 9.17) is 11.5 Å². The third-order valence-corrected chi connectivity index (χ3v) is 4.64. The van der Waals surface area contributed by atoms with Crippen LogP contribution in [-0.2, 0) is 4.79 Å².